The first-order valence-electron chi connectivity index (χ1n) is 9.90. The van der Waals surface area contributed by atoms with Gasteiger partial charge < -0.3 is 15.4 Å². The molecule has 1 aliphatic carbocycles. The van der Waals surface area contributed by atoms with Crippen LogP contribution in [0.3, 0.4) is 0 Å². The SMILES string of the molecule is COc1cc([N+](=O)[O-])ccc1NC(=O)CSc1cc(C(=O)NC2CC2)c2ccccc2n1. The Morgan fingerprint density at radius 1 is 1.22 bits per heavy atom. The molecular weight excluding hydrogens is 432 g/mol. The summed E-state index contributed by atoms with van der Waals surface area (Å²) in [6, 6.07) is 13.3. The van der Waals surface area contributed by atoms with Crippen molar-refractivity contribution in [1.29, 1.82) is 0 Å². The standard InChI is InChI=1S/C22H20N4O5S/c1-31-19-10-14(26(29)30)8-9-18(19)24-20(27)12-32-21-11-16(22(28)23-13-6-7-13)15-4-2-3-5-17(15)25-21/h2-5,8-11,13H,6-7,12H2,1H3,(H,23,28)(H,24,27). The van der Waals surface area contributed by atoms with Crippen LogP contribution in [0.2, 0.25) is 0 Å². The third kappa shape index (κ3) is 4.97. The van der Waals surface area contributed by atoms with E-state index < -0.39 is 4.92 Å². The van der Waals surface area contributed by atoms with Gasteiger partial charge in [-0.05, 0) is 31.0 Å². The molecule has 0 bridgehead atoms. The topological polar surface area (TPSA) is 123 Å². The molecule has 0 spiro atoms. The monoisotopic (exact) mass is 452 g/mol. The summed E-state index contributed by atoms with van der Waals surface area (Å²) in [6.07, 6.45) is 1.98. The summed E-state index contributed by atoms with van der Waals surface area (Å²) in [4.78, 5) is 40.1. The number of thioether (sulfide) groups is 1. The summed E-state index contributed by atoms with van der Waals surface area (Å²) in [5.74, 6) is -0.246. The third-order valence-corrected chi connectivity index (χ3v) is 5.78. The van der Waals surface area contributed by atoms with Gasteiger partial charge in [0.05, 0.1) is 45.6 Å². The van der Waals surface area contributed by atoms with Gasteiger partial charge in [0.25, 0.3) is 11.6 Å². The zero-order valence-corrected chi connectivity index (χ0v) is 18.0. The van der Waals surface area contributed by atoms with Crippen molar-refractivity contribution in [2.24, 2.45) is 0 Å². The summed E-state index contributed by atoms with van der Waals surface area (Å²) in [7, 11) is 1.37. The number of hydrogen-bond acceptors (Lipinski definition) is 7. The fourth-order valence-electron chi connectivity index (χ4n) is 3.13. The van der Waals surface area contributed by atoms with E-state index in [0.29, 0.717) is 21.8 Å². The van der Waals surface area contributed by atoms with Crippen LogP contribution >= 0.6 is 11.8 Å². The fraction of sp³-hybridized carbons (Fsp3) is 0.227. The number of hydrogen-bond donors (Lipinski definition) is 2. The summed E-state index contributed by atoms with van der Waals surface area (Å²) in [5, 5.41) is 17.9. The second kappa shape index (κ2) is 9.23. The Balaban J connectivity index is 1.48. The first kappa shape index (κ1) is 21.6. The van der Waals surface area contributed by atoms with Gasteiger partial charge in [-0.1, -0.05) is 30.0 Å². The van der Waals surface area contributed by atoms with Gasteiger partial charge in [0.15, 0.2) is 0 Å². The number of anilines is 1. The number of methoxy groups -OCH3 is 1. The number of amides is 2. The minimum absolute atomic E-state index is 0.0369. The first-order chi connectivity index (χ1) is 15.4. The van der Waals surface area contributed by atoms with Crippen LogP contribution < -0.4 is 15.4 Å². The number of ether oxygens (including phenoxy) is 1. The summed E-state index contributed by atoms with van der Waals surface area (Å²) >= 11 is 1.20. The molecular formula is C22H20N4O5S. The number of nitrogens with one attached hydrogen (secondary N) is 2. The Morgan fingerprint density at radius 2 is 2.00 bits per heavy atom. The lowest BCUT2D eigenvalue weighted by Gasteiger charge is -2.11. The Kier molecular flexibility index (Phi) is 6.22. The minimum Gasteiger partial charge on any atom is -0.494 e. The maximum atomic E-state index is 12.7. The number of non-ortho nitro benzene ring substituents is 1. The molecule has 0 unspecified atom stereocenters. The lowest BCUT2D eigenvalue weighted by molar-refractivity contribution is -0.384. The van der Waals surface area contributed by atoms with Crippen molar-refractivity contribution in [1.82, 2.24) is 10.3 Å². The lowest BCUT2D eigenvalue weighted by atomic mass is 10.1. The Bertz CT molecular complexity index is 1210. The van der Waals surface area contributed by atoms with Gasteiger partial charge >= 0.3 is 0 Å². The molecule has 1 aliphatic rings. The number of nitrogens with zero attached hydrogens (tertiary/aromatic N) is 2. The van der Waals surface area contributed by atoms with E-state index in [1.807, 2.05) is 24.3 Å². The maximum absolute atomic E-state index is 12.7. The van der Waals surface area contributed by atoms with Gasteiger partial charge in [-0.2, -0.15) is 0 Å². The molecule has 1 fully saturated rings. The van der Waals surface area contributed by atoms with E-state index in [4.69, 9.17) is 4.74 Å². The smallest absolute Gasteiger partial charge is 0.273 e. The Hall–Kier alpha value is -3.66. The molecule has 0 atom stereocenters. The van der Waals surface area contributed by atoms with Gasteiger partial charge in [-0.3, -0.25) is 19.7 Å². The minimum atomic E-state index is -0.535. The number of aromatic nitrogens is 1. The first-order valence-corrected chi connectivity index (χ1v) is 10.9. The van der Waals surface area contributed by atoms with E-state index >= 15 is 0 Å². The number of carbonyl (C=O) groups is 2. The van der Waals surface area contributed by atoms with E-state index in [9.17, 15) is 19.7 Å². The molecule has 2 amide bonds. The predicted octanol–water partition coefficient (Wildman–Crippen LogP) is 3.77. The van der Waals surface area contributed by atoms with Crippen molar-refractivity contribution in [2.75, 3.05) is 18.2 Å². The summed E-state index contributed by atoms with van der Waals surface area (Å²) in [5.41, 5.74) is 1.41. The van der Waals surface area contributed by atoms with Gasteiger partial charge in [-0.25, -0.2) is 4.98 Å². The highest BCUT2D eigenvalue weighted by molar-refractivity contribution is 7.99. The number of benzene rings is 2. The summed E-state index contributed by atoms with van der Waals surface area (Å²) in [6.45, 7) is 0. The molecule has 0 aliphatic heterocycles. The highest BCUT2D eigenvalue weighted by atomic mass is 32.2. The molecule has 1 heterocycles. The van der Waals surface area contributed by atoms with Crippen LogP contribution in [-0.4, -0.2) is 40.6 Å². The summed E-state index contributed by atoms with van der Waals surface area (Å²) < 4.78 is 5.14. The number of fused-ring (bicyclic) bond motifs is 1. The molecule has 2 aromatic carbocycles. The zero-order valence-electron chi connectivity index (χ0n) is 17.2. The van der Waals surface area contributed by atoms with Crippen molar-refractivity contribution in [3.05, 3.63) is 64.2 Å². The van der Waals surface area contributed by atoms with E-state index in [-0.39, 0.29) is 35.0 Å². The highest BCUT2D eigenvalue weighted by Gasteiger charge is 2.25. The van der Waals surface area contributed by atoms with Crippen molar-refractivity contribution >= 4 is 45.9 Å². The predicted molar refractivity (Wildman–Crippen MR) is 121 cm³/mol. The largest absolute Gasteiger partial charge is 0.494 e. The van der Waals surface area contributed by atoms with Gasteiger partial charge in [0.2, 0.25) is 5.91 Å². The van der Waals surface area contributed by atoms with Crippen molar-refractivity contribution in [3.63, 3.8) is 0 Å². The number of para-hydroxylation sites is 1. The Morgan fingerprint density at radius 3 is 2.72 bits per heavy atom. The molecule has 9 nitrogen and oxygen atoms in total. The van der Waals surface area contributed by atoms with E-state index in [1.54, 1.807) is 6.07 Å². The van der Waals surface area contributed by atoms with Crippen LogP contribution in [0.1, 0.15) is 23.2 Å². The second-order valence-corrected chi connectivity index (χ2v) is 8.25. The van der Waals surface area contributed by atoms with Gasteiger partial charge in [0.1, 0.15) is 5.75 Å². The molecule has 2 N–H and O–H groups in total. The average Bonchev–Trinajstić information content (AvgIpc) is 3.61. The van der Waals surface area contributed by atoms with Crippen molar-refractivity contribution in [2.45, 2.75) is 23.9 Å². The molecule has 0 radical (unpaired) electrons. The third-order valence-electron chi connectivity index (χ3n) is 4.87. The fourth-order valence-corrected chi connectivity index (χ4v) is 3.84. The van der Waals surface area contributed by atoms with E-state index in [0.717, 1.165) is 18.2 Å². The number of pyridine rings is 1. The second-order valence-electron chi connectivity index (χ2n) is 7.25. The van der Waals surface area contributed by atoms with Crippen LogP contribution in [0.25, 0.3) is 10.9 Å². The van der Waals surface area contributed by atoms with Crippen LogP contribution in [-0.2, 0) is 4.79 Å². The van der Waals surface area contributed by atoms with Crippen LogP contribution in [0, 0.1) is 10.1 Å². The number of nitro groups is 1. The normalized spacial score (nSPS) is 12.9. The molecule has 164 valence electrons. The van der Waals surface area contributed by atoms with Crippen molar-refractivity contribution in [3.8, 4) is 5.75 Å². The van der Waals surface area contributed by atoms with Gasteiger partial charge in [0, 0.05) is 17.5 Å². The van der Waals surface area contributed by atoms with E-state index in [1.165, 1.54) is 37.1 Å². The maximum Gasteiger partial charge on any atom is 0.273 e. The highest BCUT2D eigenvalue weighted by Crippen LogP contribution is 2.30. The van der Waals surface area contributed by atoms with Crippen LogP contribution in [0.15, 0.2) is 53.6 Å². The molecule has 1 saturated carbocycles. The molecule has 0 saturated heterocycles. The van der Waals surface area contributed by atoms with Crippen LogP contribution in [0.5, 0.6) is 5.75 Å². The number of nitro benzene ring substituents is 1. The molecule has 10 heteroatoms. The van der Waals surface area contributed by atoms with Crippen LogP contribution in [0.4, 0.5) is 11.4 Å². The molecule has 4 rings (SSSR count). The lowest BCUT2D eigenvalue weighted by Crippen LogP contribution is -2.25. The average molecular weight is 452 g/mol. The Labute approximate surface area is 187 Å². The quantitative estimate of drug-likeness (QED) is 0.303. The van der Waals surface area contributed by atoms with Gasteiger partial charge in [-0.15, -0.1) is 0 Å². The van der Waals surface area contributed by atoms with E-state index in [2.05, 4.69) is 15.6 Å². The molecule has 3 aromatic rings. The number of carbonyl (C=O) groups excluding carboxylic acids is 2. The number of rotatable bonds is 8. The molecule has 32 heavy (non-hydrogen) atoms. The molecule has 1 aromatic heterocycles. The van der Waals surface area contributed by atoms with Crippen molar-refractivity contribution < 1.29 is 19.2 Å². The zero-order chi connectivity index (χ0) is 22.7.